The number of rotatable bonds is 4. The monoisotopic (exact) mass is 297 g/mol. The molecule has 1 amide bonds. The number of hydrogen-bond donors (Lipinski definition) is 1. The van der Waals surface area contributed by atoms with Crippen LogP contribution in [0.4, 0.5) is 0 Å². The highest BCUT2D eigenvalue weighted by molar-refractivity contribution is 7.11. The summed E-state index contributed by atoms with van der Waals surface area (Å²) in [5.74, 6) is 0.0893. The first kappa shape index (κ1) is 15.4. The fourth-order valence-electron chi connectivity index (χ4n) is 2.77. The maximum Gasteiger partial charge on any atom is 0.227 e. The van der Waals surface area contributed by atoms with E-state index in [1.165, 1.54) is 0 Å². The lowest BCUT2D eigenvalue weighted by molar-refractivity contribution is -0.130. The quantitative estimate of drug-likeness (QED) is 0.894. The minimum absolute atomic E-state index is 0.0893. The molecule has 1 unspecified atom stereocenters. The highest BCUT2D eigenvalue weighted by atomic mass is 32.1. The molecule has 1 aliphatic heterocycles. The van der Waals surface area contributed by atoms with Gasteiger partial charge in [0.05, 0.1) is 29.3 Å². The molecule has 2 rings (SSSR count). The van der Waals surface area contributed by atoms with Crippen molar-refractivity contribution in [3.05, 3.63) is 15.6 Å². The summed E-state index contributed by atoms with van der Waals surface area (Å²) in [6, 6.07) is 0. The summed E-state index contributed by atoms with van der Waals surface area (Å²) < 4.78 is 0. The molecule has 0 saturated carbocycles. The molecule has 0 aromatic carbocycles. The fraction of sp³-hybridized carbons (Fsp3) is 0.714. The van der Waals surface area contributed by atoms with E-state index in [0.29, 0.717) is 32.5 Å². The minimum Gasteiger partial charge on any atom is -0.387 e. The average molecular weight is 297 g/mol. The Labute approximate surface area is 124 Å². The smallest absolute Gasteiger partial charge is 0.227 e. The Bertz CT molecular complexity index is 501. The molecule has 20 heavy (non-hydrogen) atoms. The zero-order chi connectivity index (χ0) is 14.9. The molecule has 1 atom stereocenters. The molecule has 2 heterocycles. The summed E-state index contributed by atoms with van der Waals surface area (Å²) in [7, 11) is 3.87. The fourth-order valence-corrected chi connectivity index (χ4v) is 3.70. The molecule has 0 aliphatic carbocycles. The second-order valence-corrected chi connectivity index (χ2v) is 7.23. The third-order valence-corrected chi connectivity index (χ3v) is 4.68. The number of thiazole rings is 1. The second kappa shape index (κ2) is 5.79. The van der Waals surface area contributed by atoms with Gasteiger partial charge in [0.25, 0.3) is 0 Å². The highest BCUT2D eigenvalue weighted by Crippen LogP contribution is 2.24. The van der Waals surface area contributed by atoms with Crippen LogP contribution in [0.1, 0.15) is 22.0 Å². The van der Waals surface area contributed by atoms with Crippen molar-refractivity contribution in [2.24, 2.45) is 0 Å². The van der Waals surface area contributed by atoms with Crippen LogP contribution in [-0.2, 0) is 11.2 Å². The van der Waals surface area contributed by atoms with Gasteiger partial charge in [-0.3, -0.25) is 4.79 Å². The molecule has 1 fully saturated rings. The Hall–Kier alpha value is -0.980. The normalized spacial score (nSPS) is 22.8. The number of aromatic nitrogens is 1. The maximum absolute atomic E-state index is 12.3. The number of aliphatic hydroxyl groups is 1. The van der Waals surface area contributed by atoms with E-state index >= 15 is 0 Å². The molecule has 5 nitrogen and oxygen atoms in total. The van der Waals surface area contributed by atoms with Crippen molar-refractivity contribution in [2.75, 3.05) is 33.7 Å². The predicted molar refractivity (Wildman–Crippen MR) is 80.0 cm³/mol. The van der Waals surface area contributed by atoms with Crippen molar-refractivity contribution in [3.63, 3.8) is 0 Å². The van der Waals surface area contributed by atoms with Crippen molar-refractivity contribution in [1.29, 1.82) is 0 Å². The summed E-state index contributed by atoms with van der Waals surface area (Å²) >= 11 is 1.58. The molecule has 0 bridgehead atoms. The lowest BCUT2D eigenvalue weighted by Crippen LogP contribution is -2.43. The molecule has 1 aliphatic rings. The molecule has 0 spiro atoms. The standard InChI is InChI=1S/C14H23N3O2S/c1-10-12(20-11(2)15-10)7-13(18)17-6-5-14(19,9-17)8-16(3)4/h19H,5-9H2,1-4H3. The topological polar surface area (TPSA) is 56.7 Å². The molecule has 1 saturated heterocycles. The third kappa shape index (κ3) is 3.56. The van der Waals surface area contributed by atoms with E-state index in [-0.39, 0.29) is 5.91 Å². The van der Waals surface area contributed by atoms with Gasteiger partial charge in [0, 0.05) is 18.0 Å². The van der Waals surface area contributed by atoms with Crippen LogP contribution in [-0.4, -0.2) is 65.1 Å². The summed E-state index contributed by atoms with van der Waals surface area (Å²) in [4.78, 5) is 21.5. The van der Waals surface area contributed by atoms with Gasteiger partial charge in [0.15, 0.2) is 0 Å². The van der Waals surface area contributed by atoms with Gasteiger partial charge < -0.3 is 14.9 Å². The number of carbonyl (C=O) groups excluding carboxylic acids is 1. The number of carbonyl (C=O) groups is 1. The molecular formula is C14H23N3O2S. The number of hydrogen-bond acceptors (Lipinski definition) is 5. The van der Waals surface area contributed by atoms with Gasteiger partial charge >= 0.3 is 0 Å². The van der Waals surface area contributed by atoms with Gasteiger partial charge in [0.1, 0.15) is 0 Å². The van der Waals surface area contributed by atoms with Gasteiger partial charge in [-0.25, -0.2) is 4.98 Å². The summed E-state index contributed by atoms with van der Waals surface area (Å²) in [5.41, 5.74) is 0.182. The third-order valence-electron chi connectivity index (χ3n) is 3.61. The number of aryl methyl sites for hydroxylation is 2. The van der Waals surface area contributed by atoms with Crippen LogP contribution in [0.5, 0.6) is 0 Å². The zero-order valence-electron chi connectivity index (χ0n) is 12.6. The molecule has 0 radical (unpaired) electrons. The van der Waals surface area contributed by atoms with Crippen molar-refractivity contribution in [3.8, 4) is 0 Å². The number of likely N-dealkylation sites (N-methyl/N-ethyl adjacent to an activating group) is 1. The van der Waals surface area contributed by atoms with Crippen LogP contribution in [0.2, 0.25) is 0 Å². The summed E-state index contributed by atoms with van der Waals surface area (Å²) in [5, 5.41) is 11.5. The number of β-amino-alcohol motifs (C(OH)–C–C–N with tert-alkyl or cyclic N) is 1. The largest absolute Gasteiger partial charge is 0.387 e. The van der Waals surface area contributed by atoms with Crippen LogP contribution in [0, 0.1) is 13.8 Å². The average Bonchev–Trinajstić information content (AvgIpc) is 2.82. The highest BCUT2D eigenvalue weighted by Gasteiger charge is 2.38. The molecule has 6 heteroatoms. The Morgan fingerprint density at radius 1 is 1.50 bits per heavy atom. The Morgan fingerprint density at radius 2 is 2.20 bits per heavy atom. The number of amides is 1. The Morgan fingerprint density at radius 3 is 2.75 bits per heavy atom. The van der Waals surface area contributed by atoms with Gasteiger partial charge in [-0.05, 0) is 34.4 Å². The van der Waals surface area contributed by atoms with E-state index in [1.54, 1.807) is 16.2 Å². The van der Waals surface area contributed by atoms with Crippen LogP contribution in [0.25, 0.3) is 0 Å². The molecular weight excluding hydrogens is 274 g/mol. The lowest BCUT2D eigenvalue weighted by Gasteiger charge is -2.26. The van der Waals surface area contributed by atoms with Gasteiger partial charge in [-0.15, -0.1) is 11.3 Å². The first-order valence-electron chi connectivity index (χ1n) is 6.87. The first-order chi connectivity index (χ1) is 9.29. The molecule has 1 aromatic rings. The van der Waals surface area contributed by atoms with E-state index < -0.39 is 5.60 Å². The molecule has 1 aromatic heterocycles. The van der Waals surface area contributed by atoms with Crippen LogP contribution < -0.4 is 0 Å². The van der Waals surface area contributed by atoms with Crippen LogP contribution in [0.15, 0.2) is 0 Å². The van der Waals surface area contributed by atoms with Crippen molar-refractivity contribution >= 4 is 17.2 Å². The van der Waals surface area contributed by atoms with Gasteiger partial charge in [0.2, 0.25) is 5.91 Å². The predicted octanol–water partition coefficient (Wildman–Crippen LogP) is 0.827. The van der Waals surface area contributed by atoms with Crippen molar-refractivity contribution in [1.82, 2.24) is 14.8 Å². The van der Waals surface area contributed by atoms with E-state index in [1.807, 2.05) is 32.8 Å². The van der Waals surface area contributed by atoms with E-state index in [0.717, 1.165) is 15.6 Å². The van der Waals surface area contributed by atoms with E-state index in [4.69, 9.17) is 0 Å². The van der Waals surface area contributed by atoms with Crippen molar-refractivity contribution < 1.29 is 9.90 Å². The van der Waals surface area contributed by atoms with Gasteiger partial charge in [-0.1, -0.05) is 0 Å². The molecule has 112 valence electrons. The summed E-state index contributed by atoms with van der Waals surface area (Å²) in [6.45, 7) is 5.56. The molecule has 1 N–H and O–H groups in total. The summed E-state index contributed by atoms with van der Waals surface area (Å²) in [6.07, 6.45) is 1.05. The van der Waals surface area contributed by atoms with Gasteiger partial charge in [-0.2, -0.15) is 0 Å². The first-order valence-corrected chi connectivity index (χ1v) is 7.68. The second-order valence-electron chi connectivity index (χ2n) is 5.95. The van der Waals surface area contributed by atoms with E-state index in [2.05, 4.69) is 4.98 Å². The Balaban J connectivity index is 1.96. The van der Waals surface area contributed by atoms with E-state index in [9.17, 15) is 9.90 Å². The minimum atomic E-state index is -0.766. The Kier molecular flexibility index (Phi) is 4.46. The SMILES string of the molecule is Cc1nc(C)c(CC(=O)N2CCC(O)(CN(C)C)C2)s1. The van der Waals surface area contributed by atoms with Crippen LogP contribution in [0.3, 0.4) is 0 Å². The number of likely N-dealkylation sites (tertiary alicyclic amines) is 1. The maximum atomic E-state index is 12.3. The van der Waals surface area contributed by atoms with Crippen molar-refractivity contribution in [2.45, 2.75) is 32.3 Å². The van der Waals surface area contributed by atoms with Crippen LogP contribution >= 0.6 is 11.3 Å². The lowest BCUT2D eigenvalue weighted by atomic mass is 10.0. The number of nitrogens with zero attached hydrogens (tertiary/aromatic N) is 3. The zero-order valence-corrected chi connectivity index (χ0v) is 13.5.